The molecule has 0 aromatic heterocycles. The van der Waals surface area contributed by atoms with E-state index in [9.17, 15) is 15.3 Å². The number of aliphatic hydroxyl groups excluding tert-OH is 3. The molecule has 2 heterocycles. The molecule has 3 N–H and O–H groups in total. The summed E-state index contributed by atoms with van der Waals surface area (Å²) in [6, 6.07) is 4.13. The summed E-state index contributed by atoms with van der Waals surface area (Å²) in [7, 11) is 3.68. The first-order valence-electron chi connectivity index (χ1n) is 8.62. The molecule has 1 spiro atoms. The van der Waals surface area contributed by atoms with Crippen molar-refractivity contribution in [2.24, 2.45) is 5.92 Å². The topological polar surface area (TPSA) is 82.4 Å². The highest BCUT2D eigenvalue weighted by Gasteiger charge is 2.70. The summed E-state index contributed by atoms with van der Waals surface area (Å²) in [6.07, 6.45) is -2.19. The molecule has 0 amide bonds. The van der Waals surface area contributed by atoms with E-state index in [-0.39, 0.29) is 12.0 Å². The molecule has 1 saturated heterocycles. The number of likely N-dealkylation sites (N-methyl/N-ethyl adjacent to an activating group) is 1. The zero-order valence-corrected chi connectivity index (χ0v) is 13.8. The number of piperidine rings is 1. The van der Waals surface area contributed by atoms with Crippen molar-refractivity contribution in [3.8, 4) is 11.5 Å². The summed E-state index contributed by atoms with van der Waals surface area (Å²) in [6.45, 7) is 0.882. The fourth-order valence-electron chi connectivity index (χ4n) is 5.88. The predicted molar refractivity (Wildman–Crippen MR) is 85.3 cm³/mol. The summed E-state index contributed by atoms with van der Waals surface area (Å²) in [4.78, 5) is 2.27. The van der Waals surface area contributed by atoms with Gasteiger partial charge < -0.3 is 29.7 Å². The van der Waals surface area contributed by atoms with Crippen LogP contribution in [-0.2, 0) is 11.8 Å². The minimum Gasteiger partial charge on any atom is -0.493 e. The zero-order valence-electron chi connectivity index (χ0n) is 13.8. The van der Waals surface area contributed by atoms with Gasteiger partial charge in [0.25, 0.3) is 0 Å². The normalized spacial score (nSPS) is 45.5. The molecule has 7 atom stereocenters. The number of hydrogen-bond acceptors (Lipinski definition) is 6. The number of nitrogens with zero attached hydrogens (tertiary/aromatic N) is 1. The Labute approximate surface area is 140 Å². The van der Waals surface area contributed by atoms with E-state index < -0.39 is 29.8 Å². The lowest BCUT2D eigenvalue weighted by Gasteiger charge is -2.60. The molecule has 6 heteroatoms. The Kier molecular flexibility index (Phi) is 2.89. The van der Waals surface area contributed by atoms with Crippen molar-refractivity contribution in [3.63, 3.8) is 0 Å². The van der Waals surface area contributed by atoms with Crippen molar-refractivity contribution in [3.05, 3.63) is 23.3 Å². The highest BCUT2D eigenvalue weighted by molar-refractivity contribution is 5.61. The largest absolute Gasteiger partial charge is 0.493 e. The van der Waals surface area contributed by atoms with E-state index in [2.05, 4.69) is 18.0 Å². The lowest BCUT2D eigenvalue weighted by Crippen LogP contribution is -2.73. The SMILES string of the molecule is COc1ccc2c3c1OC1C(O)C(O)C(O)[C@H]4[C@@H](C2)N(C)CC[C@]314. The Morgan fingerprint density at radius 3 is 2.75 bits per heavy atom. The van der Waals surface area contributed by atoms with Gasteiger partial charge >= 0.3 is 0 Å². The Balaban J connectivity index is 1.81. The molecule has 2 aliphatic carbocycles. The van der Waals surface area contributed by atoms with Gasteiger partial charge in [0.1, 0.15) is 18.3 Å². The molecule has 5 rings (SSSR count). The van der Waals surface area contributed by atoms with Crippen LogP contribution in [0.1, 0.15) is 17.5 Å². The van der Waals surface area contributed by atoms with E-state index in [1.807, 2.05) is 6.07 Å². The van der Waals surface area contributed by atoms with Gasteiger partial charge in [-0.2, -0.15) is 0 Å². The van der Waals surface area contributed by atoms with Crippen LogP contribution in [0.2, 0.25) is 0 Å². The monoisotopic (exact) mass is 333 g/mol. The van der Waals surface area contributed by atoms with Crippen LogP contribution in [-0.4, -0.2) is 71.4 Å². The minimum atomic E-state index is -1.19. The molecule has 0 radical (unpaired) electrons. The van der Waals surface area contributed by atoms with Crippen LogP contribution in [0.4, 0.5) is 0 Å². The molecular weight excluding hydrogens is 310 g/mol. The van der Waals surface area contributed by atoms with Crippen LogP contribution in [0.25, 0.3) is 0 Å². The van der Waals surface area contributed by atoms with Gasteiger partial charge in [-0.05, 0) is 38.1 Å². The first kappa shape index (κ1) is 15.0. The molecule has 130 valence electrons. The van der Waals surface area contributed by atoms with Gasteiger partial charge in [-0.1, -0.05) is 6.07 Å². The average Bonchev–Trinajstić information content (AvgIpc) is 2.93. The maximum absolute atomic E-state index is 10.8. The highest BCUT2D eigenvalue weighted by Crippen LogP contribution is 2.63. The summed E-state index contributed by atoms with van der Waals surface area (Å²) in [5.41, 5.74) is 1.84. The van der Waals surface area contributed by atoms with Gasteiger partial charge in [-0.15, -0.1) is 0 Å². The van der Waals surface area contributed by atoms with Crippen molar-refractivity contribution in [2.45, 2.75) is 48.7 Å². The smallest absolute Gasteiger partial charge is 0.165 e. The Bertz CT molecular complexity index is 709. The van der Waals surface area contributed by atoms with Gasteiger partial charge in [-0.25, -0.2) is 0 Å². The molecule has 2 aliphatic heterocycles. The zero-order chi connectivity index (χ0) is 16.8. The molecule has 4 unspecified atom stereocenters. The lowest BCUT2D eigenvalue weighted by atomic mass is 9.50. The molecule has 4 aliphatic rings. The summed E-state index contributed by atoms with van der Waals surface area (Å²) >= 11 is 0. The van der Waals surface area contributed by atoms with Crippen LogP contribution in [0.3, 0.4) is 0 Å². The molecule has 2 bridgehead atoms. The second-order valence-corrected chi connectivity index (χ2v) is 7.71. The van der Waals surface area contributed by atoms with E-state index in [0.717, 1.165) is 24.9 Å². The summed E-state index contributed by atoms with van der Waals surface area (Å²) in [5.74, 6) is 1.19. The number of hydrogen-bond donors (Lipinski definition) is 3. The van der Waals surface area contributed by atoms with Crippen LogP contribution in [0, 0.1) is 5.92 Å². The van der Waals surface area contributed by atoms with Crippen molar-refractivity contribution in [1.29, 1.82) is 0 Å². The fraction of sp³-hybridized carbons (Fsp3) is 0.667. The van der Waals surface area contributed by atoms with E-state index >= 15 is 0 Å². The van der Waals surface area contributed by atoms with Crippen molar-refractivity contribution in [2.75, 3.05) is 20.7 Å². The second-order valence-electron chi connectivity index (χ2n) is 7.71. The lowest BCUT2D eigenvalue weighted by molar-refractivity contribution is -0.205. The predicted octanol–water partition coefficient (Wildman–Crippen LogP) is -0.333. The van der Waals surface area contributed by atoms with Crippen molar-refractivity contribution < 1.29 is 24.8 Å². The second kappa shape index (κ2) is 4.64. The first-order chi connectivity index (χ1) is 11.5. The van der Waals surface area contributed by atoms with Gasteiger partial charge in [0.2, 0.25) is 0 Å². The molecule has 6 nitrogen and oxygen atoms in total. The number of benzene rings is 1. The Morgan fingerprint density at radius 1 is 1.21 bits per heavy atom. The number of likely N-dealkylation sites (tertiary alicyclic amines) is 1. The fourth-order valence-corrected chi connectivity index (χ4v) is 5.88. The Morgan fingerprint density at radius 2 is 2.00 bits per heavy atom. The third-order valence-corrected chi connectivity index (χ3v) is 6.91. The number of methoxy groups -OCH3 is 1. The van der Waals surface area contributed by atoms with Gasteiger partial charge in [0.15, 0.2) is 11.5 Å². The van der Waals surface area contributed by atoms with E-state index in [1.165, 1.54) is 5.56 Å². The first-order valence-corrected chi connectivity index (χ1v) is 8.62. The average molecular weight is 333 g/mol. The quantitative estimate of drug-likeness (QED) is 0.653. The standard InChI is InChI=1S/C18H23NO5/c1-19-6-5-18-11-8-3-4-10(23-2)16(11)24-17(18)15(22)14(21)13(20)12(18)9(19)7-8/h3-4,9,12-15,17,20-22H,5-7H2,1-2H3/t9-,12-,13?,14?,15?,17?,18-/m1/s1. The molecular formula is C18H23NO5. The maximum Gasteiger partial charge on any atom is 0.165 e. The molecule has 2 fully saturated rings. The van der Waals surface area contributed by atoms with Crippen LogP contribution in [0.15, 0.2) is 12.1 Å². The third-order valence-electron chi connectivity index (χ3n) is 6.91. The summed E-state index contributed by atoms with van der Waals surface area (Å²) in [5, 5.41) is 31.9. The van der Waals surface area contributed by atoms with Crippen molar-refractivity contribution >= 4 is 0 Å². The van der Waals surface area contributed by atoms with Crippen LogP contribution in [0.5, 0.6) is 11.5 Å². The molecule has 1 saturated carbocycles. The molecule has 1 aromatic rings. The molecule has 24 heavy (non-hydrogen) atoms. The number of rotatable bonds is 1. The van der Waals surface area contributed by atoms with Gasteiger partial charge in [0, 0.05) is 22.9 Å². The summed E-state index contributed by atoms with van der Waals surface area (Å²) < 4.78 is 11.7. The van der Waals surface area contributed by atoms with Crippen LogP contribution >= 0.6 is 0 Å². The third kappa shape index (κ3) is 1.47. The number of aliphatic hydroxyl groups is 3. The van der Waals surface area contributed by atoms with E-state index in [0.29, 0.717) is 11.5 Å². The Hall–Kier alpha value is -1.34. The van der Waals surface area contributed by atoms with Crippen LogP contribution < -0.4 is 9.47 Å². The minimum absolute atomic E-state index is 0.133. The van der Waals surface area contributed by atoms with Crippen molar-refractivity contribution in [1.82, 2.24) is 4.90 Å². The maximum atomic E-state index is 10.8. The number of ether oxygens (including phenoxy) is 2. The van der Waals surface area contributed by atoms with E-state index in [4.69, 9.17) is 9.47 Å². The van der Waals surface area contributed by atoms with Gasteiger partial charge in [0.05, 0.1) is 13.2 Å². The van der Waals surface area contributed by atoms with Gasteiger partial charge in [-0.3, -0.25) is 0 Å². The van der Waals surface area contributed by atoms with E-state index in [1.54, 1.807) is 7.11 Å². The molecule has 1 aromatic carbocycles. The highest BCUT2D eigenvalue weighted by atomic mass is 16.5.